The summed E-state index contributed by atoms with van der Waals surface area (Å²) in [5.74, 6) is 1.24. The second-order valence-electron chi connectivity index (χ2n) is 9.32. The van der Waals surface area contributed by atoms with Crippen molar-refractivity contribution >= 4 is 17.5 Å². The number of carbonyl (C=O) groups is 2. The number of aliphatic hydroxyl groups is 1. The monoisotopic (exact) mass is 450 g/mol. The molecule has 2 aliphatic heterocycles. The van der Waals surface area contributed by atoms with Crippen molar-refractivity contribution in [1.82, 2.24) is 5.32 Å². The van der Waals surface area contributed by atoms with E-state index >= 15 is 0 Å². The fraction of sp³-hybridized carbons (Fsp3) is 0.462. The van der Waals surface area contributed by atoms with Crippen LogP contribution in [0.5, 0.6) is 5.75 Å². The van der Waals surface area contributed by atoms with E-state index in [4.69, 9.17) is 9.47 Å². The van der Waals surface area contributed by atoms with Crippen LogP contribution >= 0.6 is 0 Å². The summed E-state index contributed by atoms with van der Waals surface area (Å²) in [5, 5.41) is 15.9. The number of ether oxygens (including phenoxy) is 2. The molecule has 0 radical (unpaired) electrons. The molecule has 5 rings (SSSR count). The van der Waals surface area contributed by atoms with Crippen LogP contribution in [0.15, 0.2) is 48.5 Å². The molecule has 0 spiro atoms. The van der Waals surface area contributed by atoms with Gasteiger partial charge in [-0.05, 0) is 48.9 Å². The van der Waals surface area contributed by atoms with E-state index in [1.54, 1.807) is 0 Å². The van der Waals surface area contributed by atoms with E-state index in [2.05, 4.69) is 10.6 Å². The lowest BCUT2D eigenvalue weighted by atomic mass is 9.84. The molecular formula is C26H30N2O5. The third-order valence-corrected chi connectivity index (χ3v) is 6.70. The molecule has 0 bridgehead atoms. The van der Waals surface area contributed by atoms with Gasteiger partial charge in [0.05, 0.1) is 19.1 Å². The first kappa shape index (κ1) is 21.9. The average molecular weight is 451 g/mol. The van der Waals surface area contributed by atoms with Crippen LogP contribution in [0.2, 0.25) is 0 Å². The van der Waals surface area contributed by atoms with Gasteiger partial charge >= 0.3 is 0 Å². The van der Waals surface area contributed by atoms with Gasteiger partial charge < -0.3 is 25.2 Å². The van der Waals surface area contributed by atoms with Crippen LogP contribution in [0.3, 0.4) is 0 Å². The molecule has 174 valence electrons. The standard InChI is InChI=1S/C26H30N2O5/c29-15-23-26-21(12-19(32-23)13-24(30)27-14-17-4-2-1-3-5-17)20-11-18(8-9-22(20)33-26)28-25(31)10-16-6-7-16/h1-5,8-9,11,16,19,21,23,26,29H,6-7,10,12-15H2,(H,27,30)(H,28,31)/t19-,21+,23+,26-/m0/s1. The molecule has 4 atom stereocenters. The number of hydrogen-bond donors (Lipinski definition) is 3. The Morgan fingerprint density at radius 2 is 1.85 bits per heavy atom. The minimum absolute atomic E-state index is 0.00175. The number of rotatable bonds is 8. The van der Waals surface area contributed by atoms with Gasteiger partial charge in [-0.2, -0.15) is 0 Å². The maximum absolute atomic E-state index is 12.6. The molecule has 7 heteroatoms. The van der Waals surface area contributed by atoms with Gasteiger partial charge in [0.2, 0.25) is 11.8 Å². The Kier molecular flexibility index (Phi) is 6.33. The van der Waals surface area contributed by atoms with E-state index in [0.717, 1.165) is 35.4 Å². The number of benzene rings is 2. The molecule has 3 N–H and O–H groups in total. The second kappa shape index (κ2) is 9.53. The highest BCUT2D eigenvalue weighted by atomic mass is 16.6. The summed E-state index contributed by atoms with van der Waals surface area (Å²) in [6, 6.07) is 15.5. The van der Waals surface area contributed by atoms with Gasteiger partial charge in [0.25, 0.3) is 0 Å². The zero-order valence-corrected chi connectivity index (χ0v) is 18.5. The molecule has 33 heavy (non-hydrogen) atoms. The van der Waals surface area contributed by atoms with E-state index in [9.17, 15) is 14.7 Å². The minimum atomic E-state index is -0.504. The maximum atomic E-state index is 12.6. The number of carbonyl (C=O) groups excluding carboxylic acids is 2. The van der Waals surface area contributed by atoms with Crippen molar-refractivity contribution in [2.24, 2.45) is 5.92 Å². The van der Waals surface area contributed by atoms with Crippen LogP contribution in [0.1, 0.15) is 49.1 Å². The summed E-state index contributed by atoms with van der Waals surface area (Å²) in [6.07, 6.45) is 2.56. The topological polar surface area (TPSA) is 96.9 Å². The highest BCUT2D eigenvalue weighted by Gasteiger charge is 2.46. The largest absolute Gasteiger partial charge is 0.487 e. The molecule has 3 aliphatic rings. The van der Waals surface area contributed by atoms with Gasteiger partial charge in [-0.15, -0.1) is 0 Å². The summed E-state index contributed by atoms with van der Waals surface area (Å²) in [6.45, 7) is 0.292. The fourth-order valence-corrected chi connectivity index (χ4v) is 4.84. The van der Waals surface area contributed by atoms with Crippen molar-refractivity contribution in [1.29, 1.82) is 0 Å². The number of aliphatic hydroxyl groups excluding tert-OH is 1. The van der Waals surface area contributed by atoms with Crippen molar-refractivity contribution in [3.05, 3.63) is 59.7 Å². The van der Waals surface area contributed by atoms with Crippen LogP contribution < -0.4 is 15.4 Å². The van der Waals surface area contributed by atoms with E-state index in [1.807, 2.05) is 48.5 Å². The zero-order valence-electron chi connectivity index (χ0n) is 18.5. The number of fused-ring (bicyclic) bond motifs is 3. The van der Waals surface area contributed by atoms with Gasteiger partial charge in [-0.3, -0.25) is 9.59 Å². The van der Waals surface area contributed by atoms with E-state index in [-0.39, 0.29) is 43.0 Å². The molecule has 2 fully saturated rings. The van der Waals surface area contributed by atoms with Gasteiger partial charge in [0.1, 0.15) is 18.0 Å². The lowest BCUT2D eigenvalue weighted by Gasteiger charge is -2.37. The first-order valence-corrected chi connectivity index (χ1v) is 11.8. The number of amides is 2. The first-order chi connectivity index (χ1) is 16.1. The highest BCUT2D eigenvalue weighted by molar-refractivity contribution is 5.91. The van der Waals surface area contributed by atoms with Gasteiger partial charge in [-0.25, -0.2) is 0 Å². The minimum Gasteiger partial charge on any atom is -0.487 e. The van der Waals surface area contributed by atoms with Crippen LogP contribution in [0, 0.1) is 5.92 Å². The quantitative estimate of drug-likeness (QED) is 0.574. The molecular weight excluding hydrogens is 420 g/mol. The summed E-state index contributed by atoms with van der Waals surface area (Å²) >= 11 is 0. The van der Waals surface area contributed by atoms with Gasteiger partial charge in [0.15, 0.2) is 0 Å². The fourth-order valence-electron chi connectivity index (χ4n) is 4.84. The predicted octanol–water partition coefficient (Wildman–Crippen LogP) is 3.13. The molecule has 0 aromatic heterocycles. The first-order valence-electron chi connectivity index (χ1n) is 11.8. The van der Waals surface area contributed by atoms with Crippen LogP contribution in [-0.2, 0) is 20.9 Å². The summed E-state index contributed by atoms with van der Waals surface area (Å²) in [5.41, 5.74) is 2.80. The van der Waals surface area contributed by atoms with E-state index in [0.29, 0.717) is 25.3 Å². The van der Waals surface area contributed by atoms with Crippen molar-refractivity contribution < 1.29 is 24.2 Å². The summed E-state index contributed by atoms with van der Waals surface area (Å²) < 4.78 is 12.2. The third kappa shape index (κ3) is 5.20. The smallest absolute Gasteiger partial charge is 0.224 e. The Balaban J connectivity index is 1.24. The highest BCUT2D eigenvalue weighted by Crippen LogP contribution is 2.47. The van der Waals surface area contributed by atoms with Crippen molar-refractivity contribution in [2.45, 2.75) is 62.9 Å². The molecule has 1 saturated carbocycles. The lowest BCUT2D eigenvalue weighted by molar-refractivity contribution is -0.142. The summed E-state index contributed by atoms with van der Waals surface area (Å²) in [7, 11) is 0. The number of nitrogens with one attached hydrogen (secondary N) is 2. The van der Waals surface area contributed by atoms with E-state index in [1.165, 1.54) is 0 Å². The normalized spacial score (nSPS) is 25.5. The Morgan fingerprint density at radius 1 is 1.03 bits per heavy atom. The summed E-state index contributed by atoms with van der Waals surface area (Å²) in [4.78, 5) is 24.8. The van der Waals surface area contributed by atoms with Crippen molar-refractivity contribution in [3.8, 4) is 5.75 Å². The number of anilines is 1. The van der Waals surface area contributed by atoms with Crippen LogP contribution in [0.4, 0.5) is 5.69 Å². The second-order valence-corrected chi connectivity index (χ2v) is 9.32. The molecule has 2 aromatic rings. The zero-order chi connectivity index (χ0) is 22.8. The van der Waals surface area contributed by atoms with Crippen LogP contribution in [0.25, 0.3) is 0 Å². The Hall–Kier alpha value is -2.90. The lowest BCUT2D eigenvalue weighted by Crippen LogP contribution is -2.47. The predicted molar refractivity (Wildman–Crippen MR) is 123 cm³/mol. The molecule has 0 unspecified atom stereocenters. The number of hydrogen-bond acceptors (Lipinski definition) is 5. The molecule has 2 amide bonds. The Morgan fingerprint density at radius 3 is 2.61 bits per heavy atom. The van der Waals surface area contributed by atoms with Gasteiger partial charge in [-0.1, -0.05) is 30.3 Å². The van der Waals surface area contributed by atoms with E-state index < -0.39 is 6.10 Å². The molecule has 1 aliphatic carbocycles. The molecule has 1 saturated heterocycles. The molecule has 7 nitrogen and oxygen atoms in total. The molecule has 2 aromatic carbocycles. The Labute approximate surface area is 193 Å². The maximum Gasteiger partial charge on any atom is 0.224 e. The van der Waals surface area contributed by atoms with Crippen molar-refractivity contribution in [3.63, 3.8) is 0 Å². The molecule has 2 heterocycles. The van der Waals surface area contributed by atoms with Crippen LogP contribution in [-0.4, -0.2) is 41.8 Å². The average Bonchev–Trinajstić information content (AvgIpc) is 3.56. The SMILES string of the molecule is O=C(C[C@@H]1C[C@@H]2c3cc(NC(=O)CC4CC4)ccc3O[C@@H]2[C@@H](CO)O1)NCc1ccccc1. The Bertz CT molecular complexity index is 1010. The van der Waals surface area contributed by atoms with Crippen molar-refractivity contribution in [2.75, 3.05) is 11.9 Å². The van der Waals surface area contributed by atoms with Gasteiger partial charge in [0, 0.05) is 30.1 Å². The third-order valence-electron chi connectivity index (χ3n) is 6.70.